The second-order valence-electron chi connectivity index (χ2n) is 3.65. The highest BCUT2D eigenvalue weighted by Gasteiger charge is 2.15. The molecule has 0 aromatic heterocycles. The second-order valence-corrected chi connectivity index (χ2v) is 3.65. The standard InChI is InChI=1S/C10H18N3O/c11-3-1-4-12-6-8-13(9-7-12)5-2-10-14/h1-2,4-10H2. The summed E-state index contributed by atoms with van der Waals surface area (Å²) in [5.41, 5.74) is 0. The predicted molar refractivity (Wildman–Crippen MR) is 53.3 cm³/mol. The third-order valence-electron chi connectivity index (χ3n) is 2.62. The molecule has 0 bridgehead atoms. The van der Waals surface area contributed by atoms with Crippen molar-refractivity contribution in [3.63, 3.8) is 0 Å². The maximum Gasteiger partial charge on any atom is 0.0834 e. The number of rotatable bonds is 5. The van der Waals surface area contributed by atoms with Crippen molar-refractivity contribution in [2.24, 2.45) is 0 Å². The van der Waals surface area contributed by atoms with Gasteiger partial charge in [-0.25, -0.2) is 5.11 Å². The van der Waals surface area contributed by atoms with Crippen molar-refractivity contribution in [1.29, 1.82) is 5.26 Å². The van der Waals surface area contributed by atoms with Gasteiger partial charge in [-0.05, 0) is 6.42 Å². The van der Waals surface area contributed by atoms with Crippen molar-refractivity contribution in [3.8, 4) is 6.07 Å². The number of hydrogen-bond donors (Lipinski definition) is 0. The number of hydrogen-bond acceptors (Lipinski definition) is 3. The van der Waals surface area contributed by atoms with Crippen molar-refractivity contribution >= 4 is 0 Å². The molecule has 0 atom stereocenters. The molecular weight excluding hydrogens is 178 g/mol. The molecule has 4 nitrogen and oxygen atoms in total. The molecule has 0 amide bonds. The van der Waals surface area contributed by atoms with E-state index in [0.29, 0.717) is 6.42 Å². The van der Waals surface area contributed by atoms with E-state index in [1.807, 2.05) is 0 Å². The zero-order valence-electron chi connectivity index (χ0n) is 8.61. The Morgan fingerprint density at radius 1 is 1.07 bits per heavy atom. The van der Waals surface area contributed by atoms with Crippen LogP contribution >= 0.6 is 0 Å². The minimum atomic E-state index is 0.0364. The van der Waals surface area contributed by atoms with Gasteiger partial charge >= 0.3 is 0 Å². The molecule has 79 valence electrons. The van der Waals surface area contributed by atoms with Gasteiger partial charge in [-0.15, -0.1) is 0 Å². The van der Waals surface area contributed by atoms with Crippen LogP contribution in [0.3, 0.4) is 0 Å². The van der Waals surface area contributed by atoms with Crippen molar-refractivity contribution in [1.82, 2.24) is 9.80 Å². The molecule has 0 unspecified atom stereocenters. The van der Waals surface area contributed by atoms with Gasteiger partial charge in [0.15, 0.2) is 0 Å². The van der Waals surface area contributed by atoms with Gasteiger partial charge in [0.25, 0.3) is 0 Å². The Labute approximate surface area is 85.7 Å². The highest BCUT2D eigenvalue weighted by molar-refractivity contribution is 4.76. The van der Waals surface area contributed by atoms with Crippen molar-refractivity contribution in [3.05, 3.63) is 0 Å². The molecule has 0 aliphatic carbocycles. The van der Waals surface area contributed by atoms with Gasteiger partial charge in [0.2, 0.25) is 0 Å². The van der Waals surface area contributed by atoms with E-state index < -0.39 is 0 Å². The molecule has 0 spiro atoms. The van der Waals surface area contributed by atoms with E-state index >= 15 is 0 Å². The largest absolute Gasteiger partial charge is 0.301 e. The minimum absolute atomic E-state index is 0.0364. The molecule has 1 fully saturated rings. The zero-order chi connectivity index (χ0) is 10.2. The van der Waals surface area contributed by atoms with E-state index in [0.717, 1.165) is 45.7 Å². The first-order valence-electron chi connectivity index (χ1n) is 5.26. The van der Waals surface area contributed by atoms with Gasteiger partial charge in [0, 0.05) is 45.7 Å². The van der Waals surface area contributed by atoms with E-state index in [-0.39, 0.29) is 6.61 Å². The Balaban J connectivity index is 2.09. The molecule has 1 aliphatic heterocycles. The monoisotopic (exact) mass is 196 g/mol. The topological polar surface area (TPSA) is 50.2 Å². The van der Waals surface area contributed by atoms with Gasteiger partial charge < -0.3 is 4.90 Å². The summed E-state index contributed by atoms with van der Waals surface area (Å²) < 4.78 is 0. The Hall–Kier alpha value is -0.630. The van der Waals surface area contributed by atoms with E-state index in [1.165, 1.54) is 0 Å². The molecule has 1 rings (SSSR count). The van der Waals surface area contributed by atoms with Crippen LogP contribution in [0.15, 0.2) is 0 Å². The van der Waals surface area contributed by atoms with E-state index in [2.05, 4.69) is 15.9 Å². The fourth-order valence-electron chi connectivity index (χ4n) is 1.73. The van der Waals surface area contributed by atoms with Crippen LogP contribution in [0.1, 0.15) is 12.8 Å². The quantitative estimate of drug-likeness (QED) is 0.637. The van der Waals surface area contributed by atoms with Crippen LogP contribution in [0.4, 0.5) is 0 Å². The average Bonchev–Trinajstić information content (AvgIpc) is 2.25. The van der Waals surface area contributed by atoms with Crippen LogP contribution in [0, 0.1) is 11.3 Å². The summed E-state index contributed by atoms with van der Waals surface area (Å²) in [5, 5.41) is 18.7. The SMILES string of the molecule is N#CCCN1CCN(CCC[O])CC1. The Morgan fingerprint density at radius 3 is 2.14 bits per heavy atom. The van der Waals surface area contributed by atoms with Gasteiger partial charge in [-0.3, -0.25) is 4.90 Å². The number of nitriles is 1. The third-order valence-corrected chi connectivity index (χ3v) is 2.62. The molecule has 14 heavy (non-hydrogen) atoms. The van der Waals surface area contributed by atoms with Crippen molar-refractivity contribution < 1.29 is 5.11 Å². The van der Waals surface area contributed by atoms with Crippen LogP contribution in [-0.4, -0.2) is 55.7 Å². The van der Waals surface area contributed by atoms with E-state index in [1.54, 1.807) is 0 Å². The van der Waals surface area contributed by atoms with E-state index in [9.17, 15) is 5.11 Å². The summed E-state index contributed by atoms with van der Waals surface area (Å²) >= 11 is 0. The molecule has 1 saturated heterocycles. The summed E-state index contributed by atoms with van der Waals surface area (Å²) in [6.07, 6.45) is 1.39. The van der Waals surface area contributed by atoms with Crippen LogP contribution in [0.5, 0.6) is 0 Å². The highest BCUT2D eigenvalue weighted by Crippen LogP contribution is 2.02. The Morgan fingerprint density at radius 2 is 1.64 bits per heavy atom. The fraction of sp³-hybridized carbons (Fsp3) is 0.900. The van der Waals surface area contributed by atoms with Gasteiger partial charge in [0.1, 0.15) is 0 Å². The summed E-state index contributed by atoms with van der Waals surface area (Å²) in [6.45, 7) is 6.05. The predicted octanol–water partition coefficient (Wildman–Crippen LogP) is 0.338. The summed E-state index contributed by atoms with van der Waals surface area (Å²) in [6, 6.07) is 2.16. The van der Waals surface area contributed by atoms with E-state index in [4.69, 9.17) is 5.26 Å². The maximum atomic E-state index is 10.3. The van der Waals surface area contributed by atoms with Gasteiger partial charge in [-0.2, -0.15) is 5.26 Å². The fourth-order valence-corrected chi connectivity index (χ4v) is 1.73. The molecule has 0 aromatic rings. The number of nitrogens with zero attached hydrogens (tertiary/aromatic N) is 3. The first-order chi connectivity index (χ1) is 6.86. The second kappa shape index (κ2) is 6.77. The summed E-state index contributed by atoms with van der Waals surface area (Å²) in [4.78, 5) is 4.65. The lowest BCUT2D eigenvalue weighted by Gasteiger charge is -2.34. The third kappa shape index (κ3) is 4.05. The molecule has 1 radical (unpaired) electrons. The van der Waals surface area contributed by atoms with Crippen molar-refractivity contribution in [2.45, 2.75) is 12.8 Å². The molecular formula is C10H18N3O. The molecule has 0 N–H and O–H groups in total. The highest BCUT2D eigenvalue weighted by atomic mass is 16.3. The minimum Gasteiger partial charge on any atom is -0.301 e. The van der Waals surface area contributed by atoms with Crippen LogP contribution in [0.25, 0.3) is 0 Å². The molecule has 0 aromatic carbocycles. The van der Waals surface area contributed by atoms with Crippen LogP contribution in [-0.2, 0) is 5.11 Å². The maximum absolute atomic E-state index is 10.3. The van der Waals surface area contributed by atoms with Crippen LogP contribution in [0.2, 0.25) is 0 Å². The smallest absolute Gasteiger partial charge is 0.0834 e. The van der Waals surface area contributed by atoms with Gasteiger partial charge in [0.05, 0.1) is 12.7 Å². The lowest BCUT2D eigenvalue weighted by atomic mass is 10.3. The first kappa shape index (κ1) is 11.4. The molecule has 0 saturated carbocycles. The first-order valence-corrected chi connectivity index (χ1v) is 5.26. The zero-order valence-corrected chi connectivity index (χ0v) is 8.61. The molecule has 4 heteroatoms. The number of piperazine rings is 1. The normalized spacial score (nSPS) is 19.4. The molecule has 1 heterocycles. The Kier molecular flexibility index (Phi) is 5.53. The summed E-state index contributed by atoms with van der Waals surface area (Å²) in [5.74, 6) is 0. The molecule has 1 aliphatic rings. The van der Waals surface area contributed by atoms with Gasteiger partial charge in [-0.1, -0.05) is 0 Å². The summed E-state index contributed by atoms with van der Waals surface area (Å²) in [7, 11) is 0. The Bertz CT molecular complexity index is 182. The lowest BCUT2D eigenvalue weighted by molar-refractivity contribution is 0.116. The lowest BCUT2D eigenvalue weighted by Crippen LogP contribution is -2.46. The average molecular weight is 196 g/mol. The van der Waals surface area contributed by atoms with Crippen molar-refractivity contribution in [2.75, 3.05) is 45.9 Å². The van der Waals surface area contributed by atoms with Crippen LogP contribution < -0.4 is 0 Å².